The molecule has 0 fully saturated rings. The van der Waals surface area contributed by atoms with Gasteiger partial charge in [-0.05, 0) is 61.9 Å². The lowest BCUT2D eigenvalue weighted by Gasteiger charge is -2.14. The third-order valence-electron chi connectivity index (χ3n) is 3.25. The van der Waals surface area contributed by atoms with E-state index >= 15 is 0 Å². The molecule has 0 saturated heterocycles. The van der Waals surface area contributed by atoms with Gasteiger partial charge in [0.05, 0.1) is 13.2 Å². The fourth-order valence-electron chi connectivity index (χ4n) is 2.16. The number of aryl methyl sites for hydroxylation is 2. The van der Waals surface area contributed by atoms with Crippen molar-refractivity contribution in [2.45, 2.75) is 39.5 Å². The van der Waals surface area contributed by atoms with Crippen LogP contribution in [0.5, 0.6) is 11.5 Å². The van der Waals surface area contributed by atoms with Gasteiger partial charge in [0.2, 0.25) is 0 Å². The minimum absolute atomic E-state index is 0.240. The van der Waals surface area contributed by atoms with E-state index in [0.717, 1.165) is 42.6 Å². The molecule has 0 unspecified atom stereocenters. The molecule has 1 N–H and O–H groups in total. The fraction of sp³-hybridized carbons (Fsp3) is 0.529. The van der Waals surface area contributed by atoms with Crippen LogP contribution in [0.2, 0.25) is 0 Å². The van der Waals surface area contributed by atoms with Crippen LogP contribution in [0.15, 0.2) is 22.7 Å². The molecule has 0 saturated carbocycles. The summed E-state index contributed by atoms with van der Waals surface area (Å²) in [6, 6.07) is 3.50. The minimum atomic E-state index is 0.240. The highest BCUT2D eigenvalue weighted by atomic mass is 35.5. The van der Waals surface area contributed by atoms with Gasteiger partial charge in [0.25, 0.3) is 0 Å². The van der Waals surface area contributed by atoms with Gasteiger partial charge in [-0.3, -0.25) is 0 Å². The number of halogens is 2. The molecule has 3 nitrogen and oxygen atoms in total. The Labute approximate surface area is 142 Å². The molecule has 0 aliphatic rings. The maximum absolute atomic E-state index is 9.61. The first-order chi connectivity index (χ1) is 10.5. The summed E-state index contributed by atoms with van der Waals surface area (Å²) in [4.78, 5) is 0. The molecular formula is C17H24Cl2O3. The Hall–Kier alpha value is -0.900. The molecule has 0 amide bonds. The van der Waals surface area contributed by atoms with E-state index in [1.807, 2.05) is 6.92 Å². The largest absolute Gasteiger partial charge is 0.508 e. The normalized spacial score (nSPS) is 10.5. The Morgan fingerprint density at radius 3 is 2.59 bits per heavy atom. The summed E-state index contributed by atoms with van der Waals surface area (Å²) in [5.41, 5.74) is 2.02. The topological polar surface area (TPSA) is 38.7 Å². The van der Waals surface area contributed by atoms with E-state index < -0.39 is 0 Å². The lowest BCUT2D eigenvalue weighted by Crippen LogP contribution is -2.03. The summed E-state index contributed by atoms with van der Waals surface area (Å²) in [6.45, 7) is 5.82. The number of rotatable bonds is 10. The highest BCUT2D eigenvalue weighted by molar-refractivity contribution is 6.55. The summed E-state index contributed by atoms with van der Waals surface area (Å²) in [7, 11) is 0. The Balaban J connectivity index is 2.21. The van der Waals surface area contributed by atoms with Crippen LogP contribution < -0.4 is 4.74 Å². The molecule has 5 heteroatoms. The van der Waals surface area contributed by atoms with Crippen LogP contribution in [0.3, 0.4) is 0 Å². The number of phenolic OH excluding ortho intramolecular Hbond substituents is 1. The Morgan fingerprint density at radius 2 is 1.91 bits per heavy atom. The molecule has 22 heavy (non-hydrogen) atoms. The maximum Gasteiger partial charge on any atom is 0.125 e. The van der Waals surface area contributed by atoms with Gasteiger partial charge in [0.1, 0.15) is 16.0 Å². The van der Waals surface area contributed by atoms with Crippen molar-refractivity contribution in [2.24, 2.45) is 0 Å². The van der Waals surface area contributed by atoms with Gasteiger partial charge >= 0.3 is 0 Å². The summed E-state index contributed by atoms with van der Waals surface area (Å²) in [5, 5.41) is 9.61. The number of hydrogen-bond donors (Lipinski definition) is 1. The molecule has 1 rings (SSSR count). The average Bonchev–Trinajstić information content (AvgIpc) is 2.46. The zero-order valence-electron chi connectivity index (χ0n) is 13.2. The van der Waals surface area contributed by atoms with E-state index in [1.165, 1.54) is 0 Å². The van der Waals surface area contributed by atoms with Crippen LogP contribution in [-0.2, 0) is 11.2 Å². The Bertz CT molecular complexity index is 483. The monoisotopic (exact) mass is 346 g/mol. The molecule has 0 heterocycles. The van der Waals surface area contributed by atoms with Gasteiger partial charge in [-0.15, -0.1) is 0 Å². The molecule has 124 valence electrons. The fourth-order valence-corrected chi connectivity index (χ4v) is 2.28. The first kappa shape index (κ1) is 19.1. The Kier molecular flexibility index (Phi) is 9.37. The summed E-state index contributed by atoms with van der Waals surface area (Å²) in [5.74, 6) is 1.20. The van der Waals surface area contributed by atoms with E-state index in [2.05, 4.69) is 6.92 Å². The number of unbranched alkanes of at least 4 members (excludes halogenated alkanes) is 2. The van der Waals surface area contributed by atoms with Crippen molar-refractivity contribution in [2.75, 3.05) is 19.8 Å². The smallest absolute Gasteiger partial charge is 0.125 e. The highest BCUT2D eigenvalue weighted by Crippen LogP contribution is 2.29. The minimum Gasteiger partial charge on any atom is -0.508 e. The van der Waals surface area contributed by atoms with Crippen LogP contribution in [-0.4, -0.2) is 24.9 Å². The number of aromatic hydroxyl groups is 1. The first-order valence-corrected chi connectivity index (χ1v) is 8.34. The molecular weight excluding hydrogens is 323 g/mol. The predicted octanol–water partition coefficient (Wildman–Crippen LogP) is 5.15. The molecule has 1 aromatic rings. The second-order valence-electron chi connectivity index (χ2n) is 5.08. The van der Waals surface area contributed by atoms with Crippen molar-refractivity contribution in [3.8, 4) is 11.5 Å². The second-order valence-corrected chi connectivity index (χ2v) is 6.09. The van der Waals surface area contributed by atoms with E-state index in [1.54, 1.807) is 18.2 Å². The van der Waals surface area contributed by atoms with Crippen molar-refractivity contribution < 1.29 is 14.6 Å². The molecule has 0 spiro atoms. The van der Waals surface area contributed by atoms with Gasteiger partial charge in [-0.25, -0.2) is 0 Å². The third-order valence-corrected chi connectivity index (χ3v) is 3.56. The van der Waals surface area contributed by atoms with E-state index in [-0.39, 0.29) is 4.49 Å². The van der Waals surface area contributed by atoms with Gasteiger partial charge in [-0.1, -0.05) is 30.1 Å². The molecule has 0 aliphatic heterocycles. The van der Waals surface area contributed by atoms with Crippen molar-refractivity contribution in [3.05, 3.63) is 33.8 Å². The summed E-state index contributed by atoms with van der Waals surface area (Å²) >= 11 is 11.0. The molecule has 0 aromatic heterocycles. The van der Waals surface area contributed by atoms with Crippen LogP contribution in [0.4, 0.5) is 0 Å². The van der Waals surface area contributed by atoms with Crippen LogP contribution in [0.1, 0.15) is 37.3 Å². The van der Waals surface area contributed by atoms with Gasteiger partial charge in [-0.2, -0.15) is 0 Å². The van der Waals surface area contributed by atoms with Gasteiger partial charge in [0.15, 0.2) is 0 Å². The average molecular weight is 347 g/mol. The number of benzene rings is 1. The lowest BCUT2D eigenvalue weighted by atomic mass is 10.1. The van der Waals surface area contributed by atoms with Gasteiger partial charge < -0.3 is 14.6 Å². The maximum atomic E-state index is 9.61. The SMILES string of the molecule is CCc1cc(O)cc(C)c1OCCCCCOCC=C(Cl)Cl. The molecule has 0 aliphatic carbocycles. The quantitative estimate of drug-likeness (QED) is 0.595. The highest BCUT2D eigenvalue weighted by Gasteiger charge is 2.08. The van der Waals surface area contributed by atoms with Crippen LogP contribution >= 0.6 is 23.2 Å². The van der Waals surface area contributed by atoms with E-state index in [9.17, 15) is 5.11 Å². The Morgan fingerprint density at radius 1 is 1.18 bits per heavy atom. The predicted molar refractivity (Wildman–Crippen MR) is 92.2 cm³/mol. The van der Waals surface area contributed by atoms with Crippen molar-refractivity contribution in [1.29, 1.82) is 0 Å². The van der Waals surface area contributed by atoms with Crippen molar-refractivity contribution in [1.82, 2.24) is 0 Å². The third kappa shape index (κ3) is 7.39. The zero-order chi connectivity index (χ0) is 16.4. The molecule has 0 atom stereocenters. The van der Waals surface area contributed by atoms with Crippen molar-refractivity contribution in [3.63, 3.8) is 0 Å². The van der Waals surface area contributed by atoms with Crippen molar-refractivity contribution >= 4 is 23.2 Å². The van der Waals surface area contributed by atoms with Gasteiger partial charge in [0, 0.05) is 6.61 Å². The number of hydrogen-bond acceptors (Lipinski definition) is 3. The standard InChI is InChI=1S/C17H24Cl2O3/c1-3-14-12-15(20)11-13(2)17(14)22-9-6-4-5-8-21-10-7-16(18)19/h7,11-12,20H,3-6,8-10H2,1-2H3. The second kappa shape index (κ2) is 10.8. The molecule has 1 aromatic carbocycles. The summed E-state index contributed by atoms with van der Waals surface area (Å²) < 4.78 is 11.5. The first-order valence-electron chi connectivity index (χ1n) is 7.58. The van der Waals surface area contributed by atoms with Crippen LogP contribution in [0, 0.1) is 6.92 Å². The van der Waals surface area contributed by atoms with Crippen LogP contribution in [0.25, 0.3) is 0 Å². The summed E-state index contributed by atoms with van der Waals surface area (Å²) in [6.07, 6.45) is 5.46. The zero-order valence-corrected chi connectivity index (χ0v) is 14.7. The molecule has 0 bridgehead atoms. The van der Waals surface area contributed by atoms with E-state index in [4.69, 9.17) is 32.7 Å². The number of phenols is 1. The molecule has 0 radical (unpaired) electrons. The van der Waals surface area contributed by atoms with E-state index in [0.29, 0.717) is 25.6 Å². The number of ether oxygens (including phenoxy) is 2. The lowest BCUT2D eigenvalue weighted by molar-refractivity contribution is 0.155.